The third-order valence-corrected chi connectivity index (χ3v) is 1.90. The molecule has 1 aliphatic rings. The van der Waals surface area contributed by atoms with Gasteiger partial charge in [0.05, 0.1) is 11.9 Å². The molecule has 64 valence electrons. The molecule has 1 aromatic rings. The lowest BCUT2D eigenvalue weighted by Crippen LogP contribution is -1.99. The van der Waals surface area contributed by atoms with Gasteiger partial charge in [-0.2, -0.15) is 0 Å². The normalized spacial score (nSPS) is 16.1. The van der Waals surface area contributed by atoms with E-state index < -0.39 is 0 Å². The summed E-state index contributed by atoms with van der Waals surface area (Å²) in [6, 6.07) is 1.65. The number of hydrogen-bond donors (Lipinski definition) is 1. The summed E-state index contributed by atoms with van der Waals surface area (Å²) in [6.07, 6.45) is 4.06. The fourth-order valence-electron chi connectivity index (χ4n) is 0.871. The molecular weight excluding hydrogens is 176 g/mol. The number of halogens is 1. The molecule has 3 nitrogen and oxygen atoms in total. The smallest absolute Gasteiger partial charge is 0.232 e. The number of aromatic nitrogens is 1. The molecule has 1 aliphatic carbocycles. The van der Waals surface area contributed by atoms with Gasteiger partial charge in [0.2, 0.25) is 5.88 Å². The highest BCUT2D eigenvalue weighted by Gasteiger charge is 2.24. The van der Waals surface area contributed by atoms with Crippen LogP contribution in [0.3, 0.4) is 0 Å². The maximum absolute atomic E-state index is 5.83. The van der Waals surface area contributed by atoms with Crippen LogP contribution in [-0.2, 0) is 0 Å². The monoisotopic (exact) mass is 184 g/mol. The van der Waals surface area contributed by atoms with Crippen LogP contribution in [0.5, 0.6) is 5.88 Å². The van der Waals surface area contributed by atoms with Crippen molar-refractivity contribution in [1.82, 2.24) is 4.98 Å². The Morgan fingerprint density at radius 1 is 1.58 bits per heavy atom. The Bertz CT molecular complexity index is 299. The van der Waals surface area contributed by atoms with Gasteiger partial charge in [0.25, 0.3) is 0 Å². The molecule has 1 heterocycles. The number of hydrogen-bond acceptors (Lipinski definition) is 3. The van der Waals surface area contributed by atoms with Crippen LogP contribution in [0.4, 0.5) is 5.69 Å². The number of anilines is 1. The van der Waals surface area contributed by atoms with Crippen LogP contribution in [0.1, 0.15) is 12.8 Å². The van der Waals surface area contributed by atoms with E-state index in [4.69, 9.17) is 22.1 Å². The number of rotatable bonds is 2. The van der Waals surface area contributed by atoms with E-state index in [0.29, 0.717) is 22.7 Å². The minimum Gasteiger partial charge on any atom is -0.473 e. The highest BCUT2D eigenvalue weighted by molar-refractivity contribution is 6.32. The van der Waals surface area contributed by atoms with E-state index in [2.05, 4.69) is 4.98 Å². The number of nitrogens with two attached hydrogens (primary N) is 1. The van der Waals surface area contributed by atoms with Gasteiger partial charge in [0.15, 0.2) is 0 Å². The van der Waals surface area contributed by atoms with Crippen molar-refractivity contribution in [3.8, 4) is 5.88 Å². The molecule has 12 heavy (non-hydrogen) atoms. The zero-order valence-electron chi connectivity index (χ0n) is 6.46. The van der Waals surface area contributed by atoms with Gasteiger partial charge in [-0.3, -0.25) is 0 Å². The molecule has 0 unspecified atom stereocenters. The van der Waals surface area contributed by atoms with Gasteiger partial charge in [-0.15, -0.1) is 0 Å². The lowest BCUT2D eigenvalue weighted by atomic mass is 10.4. The molecule has 0 aromatic carbocycles. The lowest BCUT2D eigenvalue weighted by Gasteiger charge is -2.04. The quantitative estimate of drug-likeness (QED) is 0.763. The van der Waals surface area contributed by atoms with Gasteiger partial charge < -0.3 is 10.5 Å². The standard InChI is InChI=1S/C8H9ClN2O/c9-7-3-5(10)4-11-8(7)12-6-1-2-6/h3-4,6H,1-2,10H2. The van der Waals surface area contributed by atoms with Crippen molar-refractivity contribution >= 4 is 17.3 Å². The van der Waals surface area contributed by atoms with E-state index in [1.165, 1.54) is 0 Å². The molecule has 0 aliphatic heterocycles. The Hall–Kier alpha value is -0.960. The minimum atomic E-state index is 0.318. The summed E-state index contributed by atoms with van der Waals surface area (Å²) in [5, 5.41) is 0.488. The van der Waals surface area contributed by atoms with Gasteiger partial charge in [-0.1, -0.05) is 11.6 Å². The van der Waals surface area contributed by atoms with E-state index in [0.717, 1.165) is 12.8 Å². The van der Waals surface area contributed by atoms with Crippen molar-refractivity contribution in [2.45, 2.75) is 18.9 Å². The Morgan fingerprint density at radius 3 is 2.92 bits per heavy atom. The third kappa shape index (κ3) is 1.61. The highest BCUT2D eigenvalue weighted by Crippen LogP contribution is 2.30. The number of nitrogens with zero attached hydrogens (tertiary/aromatic N) is 1. The Balaban J connectivity index is 2.18. The van der Waals surface area contributed by atoms with Crippen molar-refractivity contribution in [2.75, 3.05) is 5.73 Å². The van der Waals surface area contributed by atoms with Crippen molar-refractivity contribution < 1.29 is 4.74 Å². The molecule has 0 amide bonds. The average Bonchev–Trinajstić information content (AvgIpc) is 2.79. The first-order valence-corrected chi connectivity index (χ1v) is 4.21. The summed E-state index contributed by atoms with van der Waals surface area (Å²) in [6.45, 7) is 0. The lowest BCUT2D eigenvalue weighted by molar-refractivity contribution is 0.291. The van der Waals surface area contributed by atoms with Gasteiger partial charge in [0, 0.05) is 0 Å². The molecule has 1 fully saturated rings. The van der Waals surface area contributed by atoms with Crippen LogP contribution >= 0.6 is 11.6 Å². The van der Waals surface area contributed by atoms with E-state index in [-0.39, 0.29) is 0 Å². The Labute approximate surface area is 75.5 Å². The van der Waals surface area contributed by atoms with Crippen molar-refractivity contribution in [3.05, 3.63) is 17.3 Å². The summed E-state index contributed by atoms with van der Waals surface area (Å²) in [7, 11) is 0. The van der Waals surface area contributed by atoms with Crippen molar-refractivity contribution in [1.29, 1.82) is 0 Å². The maximum atomic E-state index is 5.83. The predicted octanol–water partition coefficient (Wildman–Crippen LogP) is 1.86. The number of pyridine rings is 1. The molecule has 2 rings (SSSR count). The molecule has 0 spiro atoms. The molecular formula is C8H9ClN2O. The zero-order valence-corrected chi connectivity index (χ0v) is 7.21. The summed E-state index contributed by atoms with van der Waals surface area (Å²) < 4.78 is 5.41. The van der Waals surface area contributed by atoms with Crippen LogP contribution in [-0.4, -0.2) is 11.1 Å². The Morgan fingerprint density at radius 2 is 2.33 bits per heavy atom. The molecule has 0 bridgehead atoms. The predicted molar refractivity (Wildman–Crippen MR) is 47.3 cm³/mol. The second kappa shape index (κ2) is 2.83. The average molecular weight is 185 g/mol. The van der Waals surface area contributed by atoms with Gasteiger partial charge >= 0.3 is 0 Å². The molecule has 0 saturated heterocycles. The first-order chi connectivity index (χ1) is 5.75. The first-order valence-electron chi connectivity index (χ1n) is 3.83. The second-order valence-electron chi connectivity index (χ2n) is 2.87. The molecule has 0 atom stereocenters. The van der Waals surface area contributed by atoms with Crippen molar-refractivity contribution in [3.63, 3.8) is 0 Å². The molecule has 0 radical (unpaired) electrons. The zero-order chi connectivity index (χ0) is 8.55. The fourth-order valence-corrected chi connectivity index (χ4v) is 1.09. The maximum Gasteiger partial charge on any atom is 0.232 e. The SMILES string of the molecule is Nc1cnc(OC2CC2)c(Cl)c1. The van der Waals surface area contributed by atoms with Crippen molar-refractivity contribution in [2.24, 2.45) is 0 Å². The first kappa shape index (κ1) is 7.68. The second-order valence-corrected chi connectivity index (χ2v) is 3.28. The van der Waals surface area contributed by atoms with Gasteiger partial charge in [-0.05, 0) is 18.9 Å². The van der Waals surface area contributed by atoms with Crippen LogP contribution in [0.2, 0.25) is 5.02 Å². The van der Waals surface area contributed by atoms with Gasteiger partial charge in [0.1, 0.15) is 11.1 Å². The van der Waals surface area contributed by atoms with Crippen LogP contribution in [0, 0.1) is 0 Å². The summed E-state index contributed by atoms with van der Waals surface area (Å²) >= 11 is 5.83. The fraction of sp³-hybridized carbons (Fsp3) is 0.375. The number of nitrogen functional groups attached to an aromatic ring is 1. The third-order valence-electron chi connectivity index (χ3n) is 1.63. The molecule has 1 saturated carbocycles. The highest BCUT2D eigenvalue weighted by atomic mass is 35.5. The molecule has 1 aromatic heterocycles. The van der Waals surface area contributed by atoms with Crippen LogP contribution in [0.15, 0.2) is 12.3 Å². The number of ether oxygens (including phenoxy) is 1. The molecule has 2 N–H and O–H groups in total. The summed E-state index contributed by atoms with van der Waals surface area (Å²) in [5.74, 6) is 0.494. The topological polar surface area (TPSA) is 48.1 Å². The Kier molecular flexibility index (Phi) is 1.81. The van der Waals surface area contributed by atoms with Crippen LogP contribution in [0.25, 0.3) is 0 Å². The summed E-state index contributed by atoms with van der Waals surface area (Å²) in [4.78, 5) is 3.98. The minimum absolute atomic E-state index is 0.318. The van der Waals surface area contributed by atoms with E-state index in [9.17, 15) is 0 Å². The van der Waals surface area contributed by atoms with E-state index >= 15 is 0 Å². The largest absolute Gasteiger partial charge is 0.473 e. The molecule has 4 heteroatoms. The van der Waals surface area contributed by atoms with Crippen LogP contribution < -0.4 is 10.5 Å². The van der Waals surface area contributed by atoms with E-state index in [1.54, 1.807) is 12.3 Å². The van der Waals surface area contributed by atoms with E-state index in [1.807, 2.05) is 0 Å². The summed E-state index contributed by atoms with van der Waals surface area (Å²) in [5.41, 5.74) is 6.03. The van der Waals surface area contributed by atoms with Gasteiger partial charge in [-0.25, -0.2) is 4.98 Å².